The van der Waals surface area contributed by atoms with Crippen molar-refractivity contribution in [2.75, 3.05) is 32.8 Å². The summed E-state index contributed by atoms with van der Waals surface area (Å²) in [6.45, 7) is 3.49. The summed E-state index contributed by atoms with van der Waals surface area (Å²) in [6.07, 6.45) is -0.430. The number of hydrogen-bond acceptors (Lipinski definition) is 3. The van der Waals surface area contributed by atoms with Gasteiger partial charge in [-0.25, -0.2) is 4.79 Å². The van der Waals surface area contributed by atoms with Crippen LogP contribution in [0.3, 0.4) is 0 Å². The Bertz CT molecular complexity index is 457. The van der Waals surface area contributed by atoms with Crippen LogP contribution in [0, 0.1) is 0 Å². The van der Waals surface area contributed by atoms with Crippen molar-refractivity contribution in [3.8, 4) is 0 Å². The lowest BCUT2D eigenvalue weighted by Gasteiger charge is -2.34. The molecule has 21 heavy (non-hydrogen) atoms. The molecule has 1 aromatic carbocycles. The first kappa shape index (κ1) is 16.7. The normalized spacial score (nSPS) is 16.8. The van der Waals surface area contributed by atoms with E-state index in [0.29, 0.717) is 13.1 Å². The van der Waals surface area contributed by atoms with Crippen LogP contribution in [0.5, 0.6) is 0 Å². The summed E-state index contributed by atoms with van der Waals surface area (Å²) in [5.41, 5.74) is 1.27. The van der Waals surface area contributed by atoms with Gasteiger partial charge in [0.2, 0.25) is 3.79 Å². The first-order chi connectivity index (χ1) is 9.94. The average molecular weight is 352 g/mol. The van der Waals surface area contributed by atoms with Crippen molar-refractivity contribution < 1.29 is 9.53 Å². The van der Waals surface area contributed by atoms with Crippen LogP contribution in [0.15, 0.2) is 30.3 Å². The lowest BCUT2D eigenvalue weighted by Crippen LogP contribution is -2.48. The number of benzene rings is 1. The van der Waals surface area contributed by atoms with Crippen LogP contribution in [0.4, 0.5) is 4.79 Å². The van der Waals surface area contributed by atoms with Crippen molar-refractivity contribution in [3.05, 3.63) is 35.9 Å². The van der Waals surface area contributed by atoms with Gasteiger partial charge in [0, 0.05) is 32.7 Å². The van der Waals surface area contributed by atoms with Crippen LogP contribution in [-0.2, 0) is 11.3 Å². The van der Waals surface area contributed by atoms with E-state index in [1.54, 1.807) is 4.90 Å². The third-order valence-electron chi connectivity index (χ3n) is 3.24. The van der Waals surface area contributed by atoms with Crippen molar-refractivity contribution in [3.63, 3.8) is 0 Å². The van der Waals surface area contributed by atoms with Gasteiger partial charge in [-0.2, -0.15) is 0 Å². The number of ether oxygens (including phenoxy) is 1. The molecule has 0 N–H and O–H groups in total. The van der Waals surface area contributed by atoms with Gasteiger partial charge in [-0.15, -0.1) is 0 Å². The Balaban J connectivity index is 1.74. The molecule has 116 valence electrons. The highest BCUT2D eigenvalue weighted by molar-refractivity contribution is 6.67. The molecule has 7 heteroatoms. The maximum Gasteiger partial charge on any atom is 0.409 e. The number of piperazine rings is 1. The molecule has 1 aromatic rings. The van der Waals surface area contributed by atoms with Crippen molar-refractivity contribution >= 4 is 40.9 Å². The Morgan fingerprint density at radius 3 is 2.29 bits per heavy atom. The van der Waals surface area contributed by atoms with Crippen molar-refractivity contribution in [1.82, 2.24) is 9.80 Å². The number of amides is 1. The topological polar surface area (TPSA) is 32.8 Å². The number of nitrogens with zero attached hydrogens (tertiary/aromatic N) is 2. The number of halogens is 3. The second-order valence-electron chi connectivity index (χ2n) is 4.92. The second kappa shape index (κ2) is 7.54. The molecule has 1 aliphatic rings. The zero-order valence-corrected chi connectivity index (χ0v) is 13.7. The fraction of sp³-hybridized carbons (Fsp3) is 0.500. The van der Waals surface area contributed by atoms with Gasteiger partial charge >= 0.3 is 6.09 Å². The summed E-state index contributed by atoms with van der Waals surface area (Å²) in [5.74, 6) is 0. The van der Waals surface area contributed by atoms with Crippen LogP contribution >= 0.6 is 34.8 Å². The molecule has 2 rings (SSSR count). The SMILES string of the molecule is O=C(OCC(Cl)(Cl)Cl)N1CCN(Cc2ccccc2)CC1. The van der Waals surface area contributed by atoms with Gasteiger partial charge in [0.15, 0.2) is 0 Å². The van der Waals surface area contributed by atoms with E-state index in [-0.39, 0.29) is 6.61 Å². The van der Waals surface area contributed by atoms with Crippen LogP contribution in [0.2, 0.25) is 0 Å². The summed E-state index contributed by atoms with van der Waals surface area (Å²) in [7, 11) is 0. The maximum atomic E-state index is 11.8. The standard InChI is InChI=1S/C14H17Cl3N2O2/c15-14(16,17)11-21-13(20)19-8-6-18(7-9-19)10-12-4-2-1-3-5-12/h1-5H,6-11H2. The van der Waals surface area contributed by atoms with Crippen LogP contribution in [0.25, 0.3) is 0 Å². The first-order valence-electron chi connectivity index (χ1n) is 6.69. The van der Waals surface area contributed by atoms with Gasteiger partial charge < -0.3 is 9.64 Å². The fourth-order valence-corrected chi connectivity index (χ4v) is 2.33. The summed E-state index contributed by atoms with van der Waals surface area (Å²) >= 11 is 16.7. The van der Waals surface area contributed by atoms with Crippen LogP contribution in [0.1, 0.15) is 5.56 Å². The molecule has 0 aromatic heterocycles. The van der Waals surface area contributed by atoms with E-state index in [1.165, 1.54) is 5.56 Å². The van der Waals surface area contributed by atoms with Crippen LogP contribution in [-0.4, -0.2) is 52.5 Å². The number of hydrogen-bond donors (Lipinski definition) is 0. The summed E-state index contributed by atoms with van der Waals surface area (Å²) in [6, 6.07) is 10.3. The molecule has 4 nitrogen and oxygen atoms in total. The van der Waals surface area contributed by atoms with Gasteiger partial charge in [-0.3, -0.25) is 4.90 Å². The summed E-state index contributed by atoms with van der Waals surface area (Å²) in [5, 5.41) is 0. The smallest absolute Gasteiger partial charge is 0.409 e. The van der Waals surface area contributed by atoms with Gasteiger partial charge in [0.05, 0.1) is 0 Å². The van der Waals surface area contributed by atoms with E-state index >= 15 is 0 Å². The Hall–Kier alpha value is -0.680. The molecule has 1 fully saturated rings. The van der Waals surface area contributed by atoms with Gasteiger partial charge in [-0.1, -0.05) is 65.1 Å². The largest absolute Gasteiger partial charge is 0.445 e. The maximum absolute atomic E-state index is 11.8. The predicted octanol–water partition coefficient (Wildman–Crippen LogP) is 3.31. The summed E-state index contributed by atoms with van der Waals surface area (Å²) < 4.78 is 3.41. The van der Waals surface area contributed by atoms with Gasteiger partial charge in [0.25, 0.3) is 0 Å². The highest BCUT2D eigenvalue weighted by Gasteiger charge is 2.26. The van der Waals surface area contributed by atoms with Crippen molar-refractivity contribution in [1.29, 1.82) is 0 Å². The van der Waals surface area contributed by atoms with Crippen LogP contribution < -0.4 is 0 Å². The average Bonchev–Trinajstić information content (AvgIpc) is 2.46. The molecule has 0 spiro atoms. The number of alkyl halides is 3. The molecule has 1 amide bonds. The molecule has 1 heterocycles. The molecule has 0 unspecified atom stereocenters. The van der Waals surface area contributed by atoms with Gasteiger partial charge in [-0.05, 0) is 5.56 Å². The van der Waals surface area contributed by atoms with Crippen molar-refractivity contribution in [2.45, 2.75) is 10.3 Å². The molecule has 1 aliphatic heterocycles. The summed E-state index contributed by atoms with van der Waals surface area (Å²) in [4.78, 5) is 15.8. The monoisotopic (exact) mass is 350 g/mol. The highest BCUT2D eigenvalue weighted by Crippen LogP contribution is 2.26. The minimum atomic E-state index is -1.56. The van der Waals surface area contributed by atoms with Crippen molar-refractivity contribution in [2.24, 2.45) is 0 Å². The molecule has 0 radical (unpaired) electrons. The first-order valence-corrected chi connectivity index (χ1v) is 7.82. The molecule has 0 saturated carbocycles. The lowest BCUT2D eigenvalue weighted by atomic mass is 10.2. The zero-order chi connectivity index (χ0) is 15.3. The zero-order valence-electron chi connectivity index (χ0n) is 11.5. The van der Waals surface area contributed by atoms with E-state index in [9.17, 15) is 4.79 Å². The van der Waals surface area contributed by atoms with E-state index in [0.717, 1.165) is 19.6 Å². The molecule has 1 saturated heterocycles. The Morgan fingerprint density at radius 2 is 1.71 bits per heavy atom. The minimum absolute atomic E-state index is 0.235. The van der Waals surface area contributed by atoms with Gasteiger partial charge in [0.1, 0.15) is 6.61 Å². The fourth-order valence-electron chi connectivity index (χ4n) is 2.17. The number of rotatable bonds is 3. The van der Waals surface area contributed by atoms with E-state index in [4.69, 9.17) is 39.5 Å². The van der Waals surface area contributed by atoms with E-state index < -0.39 is 9.89 Å². The number of carbonyl (C=O) groups excluding carboxylic acids is 1. The third kappa shape index (κ3) is 5.91. The quantitative estimate of drug-likeness (QED) is 0.783. The Labute approximate surface area is 139 Å². The lowest BCUT2D eigenvalue weighted by molar-refractivity contribution is 0.0757. The van der Waals surface area contributed by atoms with E-state index in [2.05, 4.69) is 17.0 Å². The highest BCUT2D eigenvalue weighted by atomic mass is 35.6. The molecular formula is C14H17Cl3N2O2. The minimum Gasteiger partial charge on any atom is -0.445 e. The van der Waals surface area contributed by atoms with E-state index in [1.807, 2.05) is 18.2 Å². The Kier molecular flexibility index (Phi) is 5.99. The second-order valence-corrected chi connectivity index (χ2v) is 7.43. The molecule has 0 atom stereocenters. The molecular weight excluding hydrogens is 335 g/mol. The molecule has 0 bridgehead atoms. The Morgan fingerprint density at radius 1 is 1.10 bits per heavy atom. The number of carbonyl (C=O) groups is 1. The predicted molar refractivity (Wildman–Crippen MR) is 84.9 cm³/mol. The third-order valence-corrected chi connectivity index (χ3v) is 3.57. The molecule has 0 aliphatic carbocycles.